The normalized spacial score (nSPS) is 13.0. The molecule has 0 bridgehead atoms. The highest BCUT2D eigenvalue weighted by Crippen LogP contribution is 2.33. The first-order valence-corrected chi connectivity index (χ1v) is 7.49. The zero-order chi connectivity index (χ0) is 15.5. The summed E-state index contributed by atoms with van der Waals surface area (Å²) in [5.74, 6) is -0.322. The van der Waals surface area contributed by atoms with Gasteiger partial charge in [-0.3, -0.25) is 0 Å². The maximum absolute atomic E-state index is 14.0. The number of nitrogens with one attached hydrogen (secondary N) is 1. The van der Waals surface area contributed by atoms with Crippen molar-refractivity contribution < 1.29 is 4.39 Å². The van der Waals surface area contributed by atoms with Gasteiger partial charge in [-0.15, -0.1) is 0 Å². The lowest BCUT2D eigenvalue weighted by Gasteiger charge is -2.28. The van der Waals surface area contributed by atoms with Crippen molar-refractivity contribution >= 4 is 17.3 Å². The molecule has 112 valence electrons. The minimum Gasteiger partial charge on any atom is -0.376 e. The molecule has 1 N–H and O–H groups in total. The molecule has 1 nitrogen and oxygen atoms in total. The van der Waals surface area contributed by atoms with Gasteiger partial charge in [0.15, 0.2) is 0 Å². The van der Waals surface area contributed by atoms with E-state index in [1.54, 1.807) is 12.1 Å². The van der Waals surface area contributed by atoms with Crippen molar-refractivity contribution in [2.75, 3.05) is 5.32 Å². The van der Waals surface area contributed by atoms with Crippen molar-refractivity contribution in [1.82, 2.24) is 0 Å². The molecule has 0 saturated carbocycles. The Morgan fingerprint density at radius 1 is 1.10 bits per heavy atom. The van der Waals surface area contributed by atoms with Crippen molar-refractivity contribution in [3.63, 3.8) is 0 Å². The van der Waals surface area contributed by atoms with E-state index in [-0.39, 0.29) is 17.3 Å². The molecule has 0 spiro atoms. The van der Waals surface area contributed by atoms with E-state index in [1.807, 2.05) is 18.2 Å². The monoisotopic (exact) mass is 305 g/mol. The van der Waals surface area contributed by atoms with Crippen molar-refractivity contribution in [2.24, 2.45) is 5.41 Å². The standard InChI is InChI=1S/C18H21ClFN/c1-18(2,3)12-17(13-7-5-4-6-8-13)21-16-10-9-14(19)11-15(16)20/h4-11,17,21H,12H2,1-3H3. The van der Waals surface area contributed by atoms with Crippen LogP contribution in [0.2, 0.25) is 5.02 Å². The first-order chi connectivity index (χ1) is 9.85. The number of benzene rings is 2. The second kappa shape index (κ2) is 6.48. The van der Waals surface area contributed by atoms with Gasteiger partial charge in [-0.25, -0.2) is 4.39 Å². The summed E-state index contributed by atoms with van der Waals surface area (Å²) in [6, 6.07) is 14.9. The lowest BCUT2D eigenvalue weighted by Crippen LogP contribution is -2.19. The predicted octanol–water partition coefficient (Wildman–Crippen LogP) is 6.07. The lowest BCUT2D eigenvalue weighted by molar-refractivity contribution is 0.352. The van der Waals surface area contributed by atoms with Crippen LogP contribution >= 0.6 is 11.6 Å². The number of hydrogen-bond donors (Lipinski definition) is 1. The summed E-state index contributed by atoms with van der Waals surface area (Å²) >= 11 is 5.81. The summed E-state index contributed by atoms with van der Waals surface area (Å²) in [4.78, 5) is 0. The van der Waals surface area contributed by atoms with Crippen LogP contribution in [0.25, 0.3) is 0 Å². The molecule has 0 radical (unpaired) electrons. The Hall–Kier alpha value is -1.54. The molecular weight excluding hydrogens is 285 g/mol. The molecular formula is C18H21ClFN. The third-order valence-electron chi connectivity index (χ3n) is 3.28. The van der Waals surface area contributed by atoms with Crippen molar-refractivity contribution in [3.8, 4) is 0 Å². The lowest BCUT2D eigenvalue weighted by atomic mass is 9.85. The molecule has 3 heteroatoms. The summed E-state index contributed by atoms with van der Waals surface area (Å²) in [7, 11) is 0. The van der Waals surface area contributed by atoms with Crippen LogP contribution in [0, 0.1) is 11.2 Å². The van der Waals surface area contributed by atoms with Gasteiger partial charge in [0.05, 0.1) is 11.7 Å². The van der Waals surface area contributed by atoms with E-state index >= 15 is 0 Å². The van der Waals surface area contributed by atoms with E-state index in [0.29, 0.717) is 10.7 Å². The van der Waals surface area contributed by atoms with Gasteiger partial charge in [-0.1, -0.05) is 62.7 Å². The van der Waals surface area contributed by atoms with E-state index in [4.69, 9.17) is 11.6 Å². The average Bonchev–Trinajstić information content (AvgIpc) is 2.40. The molecule has 0 aliphatic heterocycles. The van der Waals surface area contributed by atoms with Gasteiger partial charge >= 0.3 is 0 Å². The topological polar surface area (TPSA) is 12.0 Å². The molecule has 1 atom stereocenters. The molecule has 0 aliphatic carbocycles. The van der Waals surface area contributed by atoms with Crippen LogP contribution in [-0.4, -0.2) is 0 Å². The smallest absolute Gasteiger partial charge is 0.147 e. The van der Waals surface area contributed by atoms with Gasteiger partial charge in [0, 0.05) is 5.02 Å². The van der Waals surface area contributed by atoms with Crippen molar-refractivity contribution in [2.45, 2.75) is 33.2 Å². The SMILES string of the molecule is CC(C)(C)CC(Nc1ccc(Cl)cc1F)c1ccccc1. The third-order valence-corrected chi connectivity index (χ3v) is 3.51. The number of rotatable bonds is 4. The minimum absolute atomic E-state index is 0.0573. The second-order valence-corrected chi connectivity index (χ2v) is 6.93. The summed E-state index contributed by atoms with van der Waals surface area (Å²) in [5.41, 5.74) is 1.77. The first-order valence-electron chi connectivity index (χ1n) is 7.12. The highest BCUT2D eigenvalue weighted by Gasteiger charge is 2.21. The van der Waals surface area contributed by atoms with Crippen LogP contribution in [0.4, 0.5) is 10.1 Å². The molecule has 2 rings (SSSR count). The Kier molecular flexibility index (Phi) is 4.89. The van der Waals surface area contributed by atoms with Gasteiger partial charge in [-0.2, -0.15) is 0 Å². The van der Waals surface area contributed by atoms with E-state index in [0.717, 1.165) is 12.0 Å². The highest BCUT2D eigenvalue weighted by atomic mass is 35.5. The van der Waals surface area contributed by atoms with E-state index < -0.39 is 0 Å². The first kappa shape index (κ1) is 15.8. The molecule has 0 amide bonds. The number of halogens is 2. The van der Waals surface area contributed by atoms with Crippen LogP contribution in [0.15, 0.2) is 48.5 Å². The van der Waals surface area contributed by atoms with Crippen molar-refractivity contribution in [3.05, 3.63) is 64.9 Å². The molecule has 21 heavy (non-hydrogen) atoms. The summed E-state index contributed by atoms with van der Waals surface area (Å²) < 4.78 is 14.0. The van der Waals surface area contributed by atoms with Gasteiger partial charge in [0.2, 0.25) is 0 Å². The fourth-order valence-corrected chi connectivity index (χ4v) is 2.50. The largest absolute Gasteiger partial charge is 0.376 e. The molecule has 2 aromatic rings. The van der Waals surface area contributed by atoms with Gasteiger partial charge in [0.1, 0.15) is 5.82 Å². The zero-order valence-electron chi connectivity index (χ0n) is 12.7. The van der Waals surface area contributed by atoms with Gasteiger partial charge in [-0.05, 0) is 35.6 Å². The summed E-state index contributed by atoms with van der Waals surface area (Å²) in [5, 5.41) is 3.72. The predicted molar refractivity (Wildman–Crippen MR) is 88.3 cm³/mol. The van der Waals surface area contributed by atoms with Crippen molar-refractivity contribution in [1.29, 1.82) is 0 Å². The molecule has 1 unspecified atom stereocenters. The van der Waals surface area contributed by atoms with Crippen LogP contribution in [0.3, 0.4) is 0 Å². The van der Waals surface area contributed by atoms with Crippen LogP contribution in [0.1, 0.15) is 38.8 Å². The zero-order valence-corrected chi connectivity index (χ0v) is 13.4. The van der Waals surface area contributed by atoms with Crippen LogP contribution in [0.5, 0.6) is 0 Å². The molecule has 0 saturated heterocycles. The Balaban J connectivity index is 2.28. The average molecular weight is 306 g/mol. The maximum Gasteiger partial charge on any atom is 0.147 e. The van der Waals surface area contributed by atoms with E-state index in [1.165, 1.54) is 6.07 Å². The van der Waals surface area contributed by atoms with Crippen LogP contribution in [-0.2, 0) is 0 Å². The van der Waals surface area contributed by atoms with E-state index in [9.17, 15) is 4.39 Å². The highest BCUT2D eigenvalue weighted by molar-refractivity contribution is 6.30. The quantitative estimate of drug-likeness (QED) is 0.723. The fourth-order valence-electron chi connectivity index (χ4n) is 2.34. The Labute approximate surface area is 131 Å². The molecule has 0 aromatic heterocycles. The Bertz CT molecular complexity index is 590. The number of hydrogen-bond acceptors (Lipinski definition) is 1. The van der Waals surface area contributed by atoms with Crippen LogP contribution < -0.4 is 5.32 Å². The van der Waals surface area contributed by atoms with Gasteiger partial charge in [0.25, 0.3) is 0 Å². The summed E-state index contributed by atoms with van der Waals surface area (Å²) in [6.07, 6.45) is 0.902. The molecule has 2 aromatic carbocycles. The summed E-state index contributed by atoms with van der Waals surface area (Å²) in [6.45, 7) is 6.55. The fraction of sp³-hybridized carbons (Fsp3) is 0.333. The number of anilines is 1. The van der Waals surface area contributed by atoms with Gasteiger partial charge < -0.3 is 5.32 Å². The maximum atomic E-state index is 14.0. The Morgan fingerprint density at radius 3 is 2.33 bits per heavy atom. The minimum atomic E-state index is -0.322. The molecule has 0 aliphatic rings. The Morgan fingerprint density at radius 2 is 1.76 bits per heavy atom. The third kappa shape index (κ3) is 4.75. The van der Waals surface area contributed by atoms with E-state index in [2.05, 4.69) is 38.2 Å². The molecule has 0 heterocycles. The second-order valence-electron chi connectivity index (χ2n) is 6.50. The molecule has 0 fully saturated rings.